The van der Waals surface area contributed by atoms with Gasteiger partial charge in [-0.2, -0.15) is 0 Å². The molecule has 0 radical (unpaired) electrons. The molecule has 2 saturated heterocycles. The number of rotatable bonds is 3. The van der Waals surface area contributed by atoms with Crippen molar-refractivity contribution in [1.82, 2.24) is 9.71 Å². The summed E-state index contributed by atoms with van der Waals surface area (Å²) < 4.78 is 46.7. The number of amides is 1. The Kier molecular flexibility index (Phi) is 3.54. The van der Waals surface area contributed by atoms with E-state index in [0.29, 0.717) is 6.42 Å². The second-order valence-corrected chi connectivity index (χ2v) is 7.78. The van der Waals surface area contributed by atoms with Crippen LogP contribution in [0.5, 0.6) is 0 Å². The Labute approximate surface area is 138 Å². The quantitative estimate of drug-likeness (QED) is 0.911. The van der Waals surface area contributed by atoms with Gasteiger partial charge in [-0.3, -0.25) is 9.78 Å². The zero-order valence-corrected chi connectivity index (χ0v) is 13.4. The molecule has 3 atom stereocenters. The van der Waals surface area contributed by atoms with Gasteiger partial charge in [0, 0.05) is 11.6 Å². The lowest BCUT2D eigenvalue weighted by atomic mass is 9.89. The van der Waals surface area contributed by atoms with Gasteiger partial charge >= 0.3 is 0 Å². The molecule has 3 unspecified atom stereocenters. The lowest BCUT2D eigenvalue weighted by Gasteiger charge is -2.18. The van der Waals surface area contributed by atoms with Crippen molar-refractivity contribution < 1.29 is 22.3 Å². The highest BCUT2D eigenvalue weighted by Gasteiger charge is 2.45. The van der Waals surface area contributed by atoms with Crippen LogP contribution >= 0.6 is 0 Å². The van der Waals surface area contributed by atoms with Gasteiger partial charge in [-0.25, -0.2) is 17.5 Å². The summed E-state index contributed by atoms with van der Waals surface area (Å²) >= 11 is 0. The molecular weight excluding hydrogens is 335 g/mol. The number of sulfonamides is 1. The number of hydrogen-bond acceptors (Lipinski definition) is 5. The van der Waals surface area contributed by atoms with Crippen LogP contribution in [0.3, 0.4) is 0 Å². The molecule has 4 rings (SSSR count). The largest absolute Gasteiger partial charge is 0.374 e. The third kappa shape index (κ3) is 2.46. The molecule has 1 aromatic carbocycles. The Morgan fingerprint density at radius 3 is 2.83 bits per heavy atom. The van der Waals surface area contributed by atoms with Crippen molar-refractivity contribution >= 4 is 26.8 Å². The molecule has 1 N–H and O–H groups in total. The third-order valence-corrected chi connectivity index (χ3v) is 6.05. The number of pyridine rings is 1. The summed E-state index contributed by atoms with van der Waals surface area (Å²) in [5.41, 5.74) is -0.0453. The van der Waals surface area contributed by atoms with Crippen LogP contribution in [0.4, 0.5) is 4.39 Å². The first kappa shape index (κ1) is 15.5. The summed E-state index contributed by atoms with van der Waals surface area (Å²) in [5, 5.41) is 0.141. The second kappa shape index (κ2) is 5.49. The zero-order valence-electron chi connectivity index (χ0n) is 12.6. The van der Waals surface area contributed by atoms with E-state index in [1.165, 1.54) is 18.3 Å². The van der Waals surface area contributed by atoms with Gasteiger partial charge in [0.2, 0.25) is 5.91 Å². The van der Waals surface area contributed by atoms with Gasteiger partial charge in [0.1, 0.15) is 11.3 Å². The molecule has 1 amide bonds. The molecular formula is C16H15FN2O4S. The molecule has 8 heteroatoms. The van der Waals surface area contributed by atoms with E-state index in [9.17, 15) is 17.6 Å². The van der Waals surface area contributed by atoms with Crippen molar-refractivity contribution in [3.05, 3.63) is 36.3 Å². The van der Waals surface area contributed by atoms with Gasteiger partial charge in [-0.15, -0.1) is 0 Å². The number of benzene rings is 1. The topological polar surface area (TPSA) is 85.4 Å². The van der Waals surface area contributed by atoms with Crippen LogP contribution in [-0.2, 0) is 19.6 Å². The highest BCUT2D eigenvalue weighted by molar-refractivity contribution is 7.90. The molecule has 2 aliphatic rings. The fraction of sp³-hybridized carbons (Fsp3) is 0.375. The molecule has 0 saturated carbocycles. The number of nitrogens with one attached hydrogen (secondary N) is 1. The van der Waals surface area contributed by atoms with E-state index >= 15 is 0 Å². The maximum atomic E-state index is 13.8. The molecule has 24 heavy (non-hydrogen) atoms. The first-order valence-electron chi connectivity index (χ1n) is 7.71. The number of hydrogen-bond donors (Lipinski definition) is 1. The summed E-state index contributed by atoms with van der Waals surface area (Å²) in [5.74, 6) is -1.63. The molecule has 0 aliphatic carbocycles. The predicted octanol–water partition coefficient (Wildman–Crippen LogP) is 1.75. The Balaban J connectivity index is 1.66. The molecule has 3 heterocycles. The number of carbonyl (C=O) groups excluding carboxylic acids is 1. The van der Waals surface area contributed by atoms with E-state index in [4.69, 9.17) is 4.74 Å². The van der Waals surface area contributed by atoms with Crippen molar-refractivity contribution in [2.75, 3.05) is 0 Å². The molecule has 6 nitrogen and oxygen atoms in total. The Morgan fingerprint density at radius 1 is 1.29 bits per heavy atom. The smallest absolute Gasteiger partial charge is 0.264 e. The van der Waals surface area contributed by atoms with Gasteiger partial charge in [0.05, 0.1) is 23.0 Å². The zero-order chi connectivity index (χ0) is 16.9. The van der Waals surface area contributed by atoms with Crippen molar-refractivity contribution in [3.8, 4) is 0 Å². The number of aromatic nitrogens is 1. The van der Waals surface area contributed by atoms with E-state index in [0.717, 1.165) is 25.0 Å². The lowest BCUT2D eigenvalue weighted by molar-refractivity contribution is -0.124. The fourth-order valence-electron chi connectivity index (χ4n) is 3.52. The molecule has 2 bridgehead atoms. The summed E-state index contributed by atoms with van der Waals surface area (Å²) in [6.07, 6.45) is 3.44. The van der Waals surface area contributed by atoms with E-state index in [1.807, 2.05) is 0 Å². The van der Waals surface area contributed by atoms with E-state index in [1.54, 1.807) is 0 Å². The highest BCUT2D eigenvalue weighted by Crippen LogP contribution is 2.39. The number of nitrogens with zero attached hydrogens (tertiary/aromatic N) is 1. The number of fused-ring (bicyclic) bond motifs is 3. The van der Waals surface area contributed by atoms with E-state index < -0.39 is 27.7 Å². The van der Waals surface area contributed by atoms with Crippen LogP contribution in [0.2, 0.25) is 0 Å². The highest BCUT2D eigenvalue weighted by atomic mass is 32.2. The SMILES string of the molecule is O=C(NS(=O)(=O)c1ccc(F)c2ncccc12)C1CC2CCC1O2. The average Bonchev–Trinajstić information content (AvgIpc) is 3.18. The van der Waals surface area contributed by atoms with Crippen LogP contribution < -0.4 is 4.72 Å². The van der Waals surface area contributed by atoms with Crippen LogP contribution in [0, 0.1) is 11.7 Å². The Hall–Kier alpha value is -2.06. The number of ether oxygens (including phenoxy) is 1. The maximum absolute atomic E-state index is 13.8. The van der Waals surface area contributed by atoms with E-state index in [-0.39, 0.29) is 28.0 Å². The molecule has 2 fully saturated rings. The minimum atomic E-state index is -4.12. The minimum absolute atomic E-state index is 0.0453. The molecule has 126 valence electrons. The first-order valence-corrected chi connectivity index (χ1v) is 9.19. The van der Waals surface area contributed by atoms with Crippen molar-refractivity contribution in [1.29, 1.82) is 0 Å². The van der Waals surface area contributed by atoms with Crippen molar-refractivity contribution in [2.24, 2.45) is 5.92 Å². The van der Waals surface area contributed by atoms with Crippen LogP contribution in [0.1, 0.15) is 19.3 Å². The van der Waals surface area contributed by atoms with Crippen LogP contribution in [0.15, 0.2) is 35.4 Å². The van der Waals surface area contributed by atoms with Gasteiger partial charge in [0.15, 0.2) is 0 Å². The summed E-state index contributed by atoms with van der Waals surface area (Å²) in [7, 11) is -4.12. The molecule has 0 spiro atoms. The van der Waals surface area contributed by atoms with Crippen molar-refractivity contribution in [3.63, 3.8) is 0 Å². The van der Waals surface area contributed by atoms with Gasteiger partial charge in [-0.1, -0.05) is 0 Å². The summed E-state index contributed by atoms with van der Waals surface area (Å²) in [4.78, 5) is 16.1. The average molecular weight is 350 g/mol. The van der Waals surface area contributed by atoms with Gasteiger partial charge in [0.25, 0.3) is 10.0 Å². The fourth-order valence-corrected chi connectivity index (χ4v) is 4.75. The third-order valence-electron chi connectivity index (χ3n) is 4.65. The van der Waals surface area contributed by atoms with Crippen molar-refractivity contribution in [2.45, 2.75) is 36.4 Å². The van der Waals surface area contributed by atoms with Gasteiger partial charge < -0.3 is 4.74 Å². The lowest BCUT2D eigenvalue weighted by Crippen LogP contribution is -2.39. The molecule has 2 aromatic rings. The van der Waals surface area contributed by atoms with Crippen LogP contribution in [0.25, 0.3) is 10.9 Å². The predicted molar refractivity (Wildman–Crippen MR) is 83.0 cm³/mol. The maximum Gasteiger partial charge on any atom is 0.264 e. The first-order chi connectivity index (χ1) is 11.5. The monoisotopic (exact) mass is 350 g/mol. The summed E-state index contributed by atoms with van der Waals surface area (Å²) in [6.45, 7) is 0. The molecule has 1 aromatic heterocycles. The van der Waals surface area contributed by atoms with Crippen LogP contribution in [-0.4, -0.2) is 31.5 Å². The van der Waals surface area contributed by atoms with E-state index in [2.05, 4.69) is 9.71 Å². The standard InChI is InChI=1S/C16H15FN2O4S/c17-12-4-6-14(10-2-1-7-18-15(10)12)24(21,22)19-16(20)11-8-9-3-5-13(11)23-9/h1-2,4,6-7,9,11,13H,3,5,8H2,(H,19,20). The number of carbonyl (C=O) groups is 1. The summed E-state index contributed by atoms with van der Waals surface area (Å²) in [6, 6.07) is 5.17. The molecule has 2 aliphatic heterocycles. The van der Waals surface area contributed by atoms with Gasteiger partial charge in [-0.05, 0) is 43.5 Å². The number of halogens is 1. The normalized spacial score (nSPS) is 26.0. The Bertz CT molecular complexity index is 931. The second-order valence-electron chi connectivity index (χ2n) is 6.13. The Morgan fingerprint density at radius 2 is 2.12 bits per heavy atom. The minimum Gasteiger partial charge on any atom is -0.374 e.